The lowest BCUT2D eigenvalue weighted by molar-refractivity contribution is -0.126. The zero-order valence-corrected chi connectivity index (χ0v) is 19.0. The molecule has 0 aliphatic heterocycles. The smallest absolute Gasteiger partial charge is 0.232 e. The van der Waals surface area contributed by atoms with Crippen LogP contribution in [0, 0.1) is 5.82 Å². The zero-order chi connectivity index (χ0) is 24.5. The summed E-state index contributed by atoms with van der Waals surface area (Å²) in [7, 11) is 0. The molecule has 174 valence electrons. The number of allylic oxidation sites excluding steroid dienone is 1. The van der Waals surface area contributed by atoms with Gasteiger partial charge in [-0.3, -0.25) is 14.6 Å². The van der Waals surface area contributed by atoms with Crippen molar-refractivity contribution in [1.29, 1.82) is 0 Å². The fourth-order valence-electron chi connectivity index (χ4n) is 3.41. The molecule has 0 saturated heterocycles. The summed E-state index contributed by atoms with van der Waals surface area (Å²) < 4.78 is 14.7. The van der Waals surface area contributed by atoms with Crippen molar-refractivity contribution in [3.05, 3.63) is 118 Å². The highest BCUT2D eigenvalue weighted by Crippen LogP contribution is 2.24. The van der Waals surface area contributed by atoms with Crippen LogP contribution in [0.25, 0.3) is 0 Å². The first-order valence-electron chi connectivity index (χ1n) is 10.5. The molecule has 3 aromatic rings. The van der Waals surface area contributed by atoms with Gasteiger partial charge in [-0.25, -0.2) is 4.39 Å². The maximum absolute atomic E-state index is 14.7. The van der Waals surface area contributed by atoms with Crippen molar-refractivity contribution in [2.24, 2.45) is 16.5 Å². The third kappa shape index (κ3) is 6.52. The molecule has 5 N–H and O–H groups in total. The Morgan fingerprint density at radius 3 is 2.38 bits per heavy atom. The van der Waals surface area contributed by atoms with Gasteiger partial charge in [0.05, 0.1) is 23.9 Å². The number of rotatable bonds is 9. The van der Waals surface area contributed by atoms with E-state index in [0.717, 1.165) is 11.8 Å². The summed E-state index contributed by atoms with van der Waals surface area (Å²) in [5.41, 5.74) is 13.1. The van der Waals surface area contributed by atoms with Gasteiger partial charge in [0.1, 0.15) is 5.82 Å². The summed E-state index contributed by atoms with van der Waals surface area (Å²) in [5, 5.41) is 3.11. The minimum atomic E-state index is -0.929. The van der Waals surface area contributed by atoms with Crippen molar-refractivity contribution in [3.63, 3.8) is 0 Å². The van der Waals surface area contributed by atoms with E-state index in [1.165, 1.54) is 6.07 Å². The number of carbonyl (C=O) groups is 2. The second kappa shape index (κ2) is 11.8. The van der Waals surface area contributed by atoms with Crippen LogP contribution in [0.5, 0.6) is 0 Å². The molecule has 2 amide bonds. The van der Waals surface area contributed by atoms with Crippen molar-refractivity contribution in [3.8, 4) is 0 Å². The van der Waals surface area contributed by atoms with Gasteiger partial charge in [0, 0.05) is 23.2 Å². The normalized spacial score (nSPS) is 12.8. The van der Waals surface area contributed by atoms with Crippen molar-refractivity contribution < 1.29 is 14.0 Å². The van der Waals surface area contributed by atoms with E-state index < -0.39 is 23.5 Å². The molecule has 0 aromatic heterocycles. The van der Waals surface area contributed by atoms with Crippen molar-refractivity contribution >= 4 is 29.1 Å². The minimum absolute atomic E-state index is 0.0996. The molecule has 0 radical (unpaired) electrons. The molecule has 0 aliphatic carbocycles. The topological polar surface area (TPSA) is 111 Å². The number of nitrogens with zero attached hydrogens (tertiary/aromatic N) is 1. The highest BCUT2D eigenvalue weighted by atomic mass is 35.5. The Labute approximate surface area is 202 Å². The van der Waals surface area contributed by atoms with E-state index in [1.54, 1.807) is 42.5 Å². The minimum Gasteiger partial charge on any atom is -0.403 e. The van der Waals surface area contributed by atoms with Crippen LogP contribution in [0.15, 0.2) is 95.8 Å². The highest BCUT2D eigenvalue weighted by molar-refractivity contribution is 6.30. The lowest BCUT2D eigenvalue weighted by Crippen LogP contribution is -2.35. The Morgan fingerprint density at radius 1 is 1.03 bits per heavy atom. The second-order valence-corrected chi connectivity index (χ2v) is 7.91. The number of amides is 2. The summed E-state index contributed by atoms with van der Waals surface area (Å²) >= 11 is 6.07. The van der Waals surface area contributed by atoms with Crippen molar-refractivity contribution in [2.75, 3.05) is 0 Å². The molecule has 0 bridgehead atoms. The molecule has 1 atom stereocenters. The average Bonchev–Trinajstić information content (AvgIpc) is 2.83. The summed E-state index contributed by atoms with van der Waals surface area (Å²) in [6.45, 7) is 0.233. The van der Waals surface area contributed by atoms with Gasteiger partial charge in [0.15, 0.2) is 0 Å². The number of hydrogen-bond donors (Lipinski definition) is 3. The van der Waals surface area contributed by atoms with Gasteiger partial charge in [-0.1, -0.05) is 66.2 Å². The third-order valence-electron chi connectivity index (χ3n) is 5.04. The van der Waals surface area contributed by atoms with Gasteiger partial charge in [0.2, 0.25) is 11.8 Å². The number of hydrogen-bond acceptors (Lipinski definition) is 4. The second-order valence-electron chi connectivity index (χ2n) is 7.48. The van der Waals surface area contributed by atoms with Crippen molar-refractivity contribution in [1.82, 2.24) is 5.32 Å². The lowest BCUT2D eigenvalue weighted by Gasteiger charge is -2.19. The Bertz CT molecular complexity index is 1230. The SMILES string of the molecule is N/C=C(/NC(=O)C(CC(N)=O)c1cccc(Cl)c1)C(=NCc1ccccc1)c1ccccc1F. The van der Waals surface area contributed by atoms with E-state index in [9.17, 15) is 14.0 Å². The van der Waals surface area contributed by atoms with Crippen LogP contribution in [-0.4, -0.2) is 17.5 Å². The maximum atomic E-state index is 14.7. The zero-order valence-electron chi connectivity index (χ0n) is 18.2. The standard InChI is InChI=1S/C26H24ClFN4O2/c27-19-10-6-9-18(13-19)21(14-24(30)33)26(34)32-23(15-29)25(20-11-4-5-12-22(20)28)31-16-17-7-2-1-3-8-17/h1-13,15,21H,14,16,29H2,(H2,30,33)(H,32,34)/b23-15+,31-25?. The molecule has 6 nitrogen and oxygen atoms in total. The molecule has 0 fully saturated rings. The van der Waals surface area contributed by atoms with Gasteiger partial charge in [0.25, 0.3) is 0 Å². The van der Waals surface area contributed by atoms with Crippen LogP contribution in [0.4, 0.5) is 4.39 Å². The molecule has 8 heteroatoms. The molecule has 0 saturated carbocycles. The molecular formula is C26H24ClFN4O2. The summed E-state index contributed by atoms with van der Waals surface area (Å²) in [6.07, 6.45) is 0.897. The Balaban J connectivity index is 1.96. The highest BCUT2D eigenvalue weighted by Gasteiger charge is 2.26. The van der Waals surface area contributed by atoms with Gasteiger partial charge >= 0.3 is 0 Å². The quantitative estimate of drug-likeness (QED) is 0.403. The van der Waals surface area contributed by atoms with Crippen LogP contribution in [-0.2, 0) is 16.1 Å². The Hall–Kier alpha value is -3.97. The van der Waals surface area contributed by atoms with E-state index >= 15 is 0 Å². The predicted octanol–water partition coefficient (Wildman–Crippen LogP) is 4.04. The molecular weight excluding hydrogens is 455 g/mol. The van der Waals surface area contributed by atoms with E-state index in [-0.39, 0.29) is 29.9 Å². The van der Waals surface area contributed by atoms with Gasteiger partial charge < -0.3 is 16.8 Å². The first-order chi connectivity index (χ1) is 16.4. The van der Waals surface area contributed by atoms with Crippen molar-refractivity contribution in [2.45, 2.75) is 18.9 Å². The lowest BCUT2D eigenvalue weighted by atomic mass is 9.94. The number of carbonyl (C=O) groups excluding carboxylic acids is 2. The fourth-order valence-corrected chi connectivity index (χ4v) is 3.61. The first kappa shape index (κ1) is 24.7. The number of aliphatic imine (C=N–C) groups is 1. The molecule has 0 aliphatic rings. The Kier molecular flexibility index (Phi) is 8.54. The monoisotopic (exact) mass is 478 g/mol. The molecule has 1 unspecified atom stereocenters. The van der Waals surface area contributed by atoms with Gasteiger partial charge in [-0.15, -0.1) is 0 Å². The average molecular weight is 479 g/mol. The number of primary amides is 1. The summed E-state index contributed by atoms with van der Waals surface area (Å²) in [4.78, 5) is 29.5. The van der Waals surface area contributed by atoms with E-state index in [1.807, 2.05) is 30.3 Å². The van der Waals surface area contributed by atoms with Crippen LogP contribution < -0.4 is 16.8 Å². The van der Waals surface area contributed by atoms with Gasteiger partial charge in [-0.05, 0) is 35.4 Å². The van der Waals surface area contributed by atoms with Crippen LogP contribution in [0.1, 0.15) is 29.0 Å². The summed E-state index contributed by atoms with van der Waals surface area (Å²) in [5.74, 6) is -2.67. The van der Waals surface area contributed by atoms with Crippen LogP contribution in [0.3, 0.4) is 0 Å². The predicted molar refractivity (Wildman–Crippen MR) is 132 cm³/mol. The molecule has 34 heavy (non-hydrogen) atoms. The van der Waals surface area contributed by atoms with E-state index in [0.29, 0.717) is 10.6 Å². The van der Waals surface area contributed by atoms with Crippen LogP contribution in [0.2, 0.25) is 5.02 Å². The number of benzene rings is 3. The molecule has 3 aromatic carbocycles. The van der Waals surface area contributed by atoms with Gasteiger partial charge in [-0.2, -0.15) is 0 Å². The molecule has 3 rings (SSSR count). The molecule has 0 spiro atoms. The number of nitrogens with two attached hydrogens (primary N) is 2. The van der Waals surface area contributed by atoms with Crippen LogP contribution >= 0.6 is 11.6 Å². The Morgan fingerprint density at radius 2 is 1.74 bits per heavy atom. The van der Waals surface area contributed by atoms with E-state index in [4.69, 9.17) is 23.1 Å². The van der Waals surface area contributed by atoms with E-state index in [2.05, 4.69) is 10.3 Å². The third-order valence-corrected chi connectivity index (χ3v) is 5.28. The maximum Gasteiger partial charge on any atom is 0.232 e. The first-order valence-corrected chi connectivity index (χ1v) is 10.9. The summed E-state index contributed by atoms with van der Waals surface area (Å²) in [6, 6.07) is 22.0. The number of halogens is 2. The number of nitrogens with one attached hydrogen (secondary N) is 1. The fraction of sp³-hybridized carbons (Fsp3) is 0.115. The molecule has 0 heterocycles. The largest absolute Gasteiger partial charge is 0.403 e.